The number of nitrogens with zero attached hydrogens (tertiary/aromatic N) is 4. The Morgan fingerprint density at radius 3 is 2.20 bits per heavy atom. The van der Waals surface area contributed by atoms with E-state index in [0.717, 1.165) is 33.7 Å². The van der Waals surface area contributed by atoms with Crippen LogP contribution in [0.25, 0.3) is 11.0 Å². The average Bonchev–Trinajstić information content (AvgIpc) is 3.29. The molecule has 0 radical (unpaired) electrons. The van der Waals surface area contributed by atoms with Crippen molar-refractivity contribution in [3.05, 3.63) is 117 Å². The lowest BCUT2D eigenvalue weighted by atomic mass is 10.1. The van der Waals surface area contributed by atoms with Gasteiger partial charge in [0.2, 0.25) is 5.91 Å². The molecule has 0 aliphatic carbocycles. The Kier molecular flexibility index (Phi) is 9.03. The van der Waals surface area contributed by atoms with Crippen molar-refractivity contribution < 1.29 is 4.79 Å². The standard InChI is InChI=1S/C33H32Cl2N4OS/c1-5-24-14-15-30-29(16-24)37-33(38(30)19-25-10-6-21(2)7-11-25)41-23(4)32(40)39(20-26-12-8-22(3)9-13-26)31-28(35)17-27(34)18-36-31/h6-18,23H,5,19-20H2,1-4H3. The normalized spacial score (nSPS) is 12.0. The van der Waals surface area contributed by atoms with Crippen LogP contribution >= 0.6 is 35.0 Å². The van der Waals surface area contributed by atoms with Crippen LogP contribution in [0, 0.1) is 13.8 Å². The van der Waals surface area contributed by atoms with Crippen LogP contribution in [-0.2, 0) is 24.3 Å². The highest BCUT2D eigenvalue weighted by Gasteiger charge is 2.28. The Balaban J connectivity index is 1.49. The Morgan fingerprint density at radius 1 is 0.927 bits per heavy atom. The molecule has 5 aromatic rings. The van der Waals surface area contributed by atoms with Gasteiger partial charge in [-0.2, -0.15) is 0 Å². The van der Waals surface area contributed by atoms with Gasteiger partial charge in [0.25, 0.3) is 0 Å². The van der Waals surface area contributed by atoms with Crippen molar-refractivity contribution in [2.75, 3.05) is 4.90 Å². The van der Waals surface area contributed by atoms with Crippen molar-refractivity contribution in [3.8, 4) is 0 Å². The van der Waals surface area contributed by atoms with E-state index < -0.39 is 5.25 Å². The van der Waals surface area contributed by atoms with Crippen LogP contribution in [0.2, 0.25) is 10.0 Å². The molecular weight excluding hydrogens is 571 g/mol. The number of aryl methyl sites for hydroxylation is 3. The molecule has 3 aromatic carbocycles. The van der Waals surface area contributed by atoms with E-state index in [1.165, 1.54) is 34.6 Å². The molecule has 0 fully saturated rings. The van der Waals surface area contributed by atoms with Crippen LogP contribution in [0.4, 0.5) is 5.82 Å². The maximum absolute atomic E-state index is 14.1. The molecule has 0 N–H and O–H groups in total. The van der Waals surface area contributed by atoms with Crippen molar-refractivity contribution in [1.29, 1.82) is 0 Å². The van der Waals surface area contributed by atoms with Crippen molar-refractivity contribution >= 4 is 57.7 Å². The molecule has 0 aliphatic rings. The summed E-state index contributed by atoms with van der Waals surface area (Å²) in [6.45, 7) is 9.16. The summed E-state index contributed by atoms with van der Waals surface area (Å²) in [4.78, 5) is 25.2. The maximum Gasteiger partial charge on any atom is 0.241 e. The predicted octanol–water partition coefficient (Wildman–Crippen LogP) is 8.68. The SMILES string of the molecule is CCc1ccc2c(c1)nc(SC(C)C(=O)N(Cc1ccc(C)cc1)c1ncc(Cl)cc1Cl)n2Cc1ccc(C)cc1. The lowest BCUT2D eigenvalue weighted by Crippen LogP contribution is -2.37. The number of thioether (sulfide) groups is 1. The molecule has 5 nitrogen and oxygen atoms in total. The van der Waals surface area contributed by atoms with Gasteiger partial charge in [0.15, 0.2) is 11.0 Å². The number of aromatic nitrogens is 3. The first-order valence-corrected chi connectivity index (χ1v) is 15.2. The number of anilines is 1. The van der Waals surface area contributed by atoms with Gasteiger partial charge < -0.3 is 4.57 Å². The number of amides is 1. The first-order chi connectivity index (χ1) is 19.7. The quantitative estimate of drug-likeness (QED) is 0.158. The van der Waals surface area contributed by atoms with Gasteiger partial charge in [-0.3, -0.25) is 9.69 Å². The summed E-state index contributed by atoms with van der Waals surface area (Å²) in [5.41, 5.74) is 7.72. The van der Waals surface area contributed by atoms with Gasteiger partial charge in [0.05, 0.1) is 39.4 Å². The van der Waals surface area contributed by atoms with Gasteiger partial charge in [-0.15, -0.1) is 0 Å². The number of carbonyl (C=O) groups excluding carboxylic acids is 1. The molecule has 2 aromatic heterocycles. The number of hydrogen-bond donors (Lipinski definition) is 0. The van der Waals surface area contributed by atoms with Crippen LogP contribution < -0.4 is 4.90 Å². The monoisotopic (exact) mass is 602 g/mol. The summed E-state index contributed by atoms with van der Waals surface area (Å²) < 4.78 is 2.20. The summed E-state index contributed by atoms with van der Waals surface area (Å²) in [7, 11) is 0. The van der Waals surface area contributed by atoms with E-state index in [-0.39, 0.29) is 5.91 Å². The highest BCUT2D eigenvalue weighted by atomic mass is 35.5. The summed E-state index contributed by atoms with van der Waals surface area (Å²) in [5.74, 6) is 0.269. The van der Waals surface area contributed by atoms with E-state index in [2.05, 4.69) is 65.9 Å². The number of benzene rings is 3. The lowest BCUT2D eigenvalue weighted by molar-refractivity contribution is -0.118. The second kappa shape index (κ2) is 12.7. The van der Waals surface area contributed by atoms with E-state index in [1.807, 2.05) is 38.1 Å². The second-order valence-electron chi connectivity index (χ2n) is 10.3. The zero-order chi connectivity index (χ0) is 29.1. The second-order valence-corrected chi connectivity index (χ2v) is 12.4. The van der Waals surface area contributed by atoms with Gasteiger partial charge in [-0.1, -0.05) is 108 Å². The van der Waals surface area contributed by atoms with E-state index in [9.17, 15) is 4.79 Å². The molecule has 5 rings (SSSR count). The minimum Gasteiger partial charge on any atom is -0.314 e. The van der Waals surface area contributed by atoms with Crippen LogP contribution in [0.5, 0.6) is 0 Å². The number of halogens is 2. The highest BCUT2D eigenvalue weighted by Crippen LogP contribution is 2.33. The first kappa shape index (κ1) is 29.2. The number of carbonyl (C=O) groups is 1. The molecule has 8 heteroatoms. The minimum atomic E-state index is -0.465. The number of rotatable bonds is 9. The van der Waals surface area contributed by atoms with E-state index in [0.29, 0.717) is 29.0 Å². The van der Waals surface area contributed by atoms with Crippen LogP contribution in [0.3, 0.4) is 0 Å². The van der Waals surface area contributed by atoms with Crippen LogP contribution in [0.15, 0.2) is 84.1 Å². The molecule has 0 spiro atoms. The molecule has 0 saturated heterocycles. The van der Waals surface area contributed by atoms with Crippen molar-refractivity contribution in [2.24, 2.45) is 0 Å². The maximum atomic E-state index is 14.1. The van der Waals surface area contributed by atoms with E-state index >= 15 is 0 Å². The van der Waals surface area contributed by atoms with Crippen LogP contribution in [-0.4, -0.2) is 25.7 Å². The molecule has 1 atom stereocenters. The van der Waals surface area contributed by atoms with E-state index in [4.69, 9.17) is 28.2 Å². The molecule has 0 bridgehead atoms. The number of fused-ring (bicyclic) bond motifs is 1. The van der Waals surface area contributed by atoms with Crippen molar-refractivity contribution in [1.82, 2.24) is 14.5 Å². The third-order valence-corrected chi connectivity index (χ3v) is 8.61. The van der Waals surface area contributed by atoms with Crippen LogP contribution in [0.1, 0.15) is 41.7 Å². The number of pyridine rings is 1. The number of hydrogen-bond acceptors (Lipinski definition) is 4. The largest absolute Gasteiger partial charge is 0.314 e. The predicted molar refractivity (Wildman–Crippen MR) is 171 cm³/mol. The molecule has 1 unspecified atom stereocenters. The molecule has 41 heavy (non-hydrogen) atoms. The Morgan fingerprint density at radius 2 is 1.56 bits per heavy atom. The van der Waals surface area contributed by atoms with Gasteiger partial charge >= 0.3 is 0 Å². The third kappa shape index (κ3) is 6.78. The minimum absolute atomic E-state index is 0.115. The van der Waals surface area contributed by atoms with Gasteiger partial charge in [-0.05, 0) is 62.1 Å². The molecular formula is C33H32Cl2N4OS. The molecule has 0 saturated carbocycles. The lowest BCUT2D eigenvalue weighted by Gasteiger charge is -2.26. The van der Waals surface area contributed by atoms with Gasteiger partial charge in [0.1, 0.15) is 0 Å². The Hall–Kier alpha value is -3.32. The fourth-order valence-electron chi connectivity index (χ4n) is 4.66. The Bertz CT molecular complexity index is 1680. The zero-order valence-corrected chi connectivity index (χ0v) is 25.9. The number of imidazole rings is 1. The highest BCUT2D eigenvalue weighted by molar-refractivity contribution is 8.00. The topological polar surface area (TPSA) is 51.0 Å². The first-order valence-electron chi connectivity index (χ1n) is 13.6. The van der Waals surface area contributed by atoms with Gasteiger partial charge in [0, 0.05) is 6.20 Å². The molecule has 2 heterocycles. The summed E-state index contributed by atoms with van der Waals surface area (Å²) in [5, 5.41) is 1.07. The zero-order valence-electron chi connectivity index (χ0n) is 23.6. The third-order valence-electron chi connectivity index (χ3n) is 7.05. The summed E-state index contributed by atoms with van der Waals surface area (Å²) >= 11 is 14.2. The molecule has 0 aliphatic heterocycles. The molecule has 1 amide bonds. The smallest absolute Gasteiger partial charge is 0.241 e. The fourth-order valence-corrected chi connectivity index (χ4v) is 6.13. The van der Waals surface area contributed by atoms with Gasteiger partial charge in [-0.25, -0.2) is 9.97 Å². The molecule has 210 valence electrons. The Labute approximate surface area is 255 Å². The summed E-state index contributed by atoms with van der Waals surface area (Å²) in [6.07, 6.45) is 2.45. The van der Waals surface area contributed by atoms with Crippen molar-refractivity contribution in [3.63, 3.8) is 0 Å². The fraction of sp³-hybridized carbons (Fsp3) is 0.242. The van der Waals surface area contributed by atoms with E-state index in [1.54, 1.807) is 11.0 Å². The van der Waals surface area contributed by atoms with Crippen molar-refractivity contribution in [2.45, 2.75) is 57.6 Å². The summed E-state index contributed by atoms with van der Waals surface area (Å²) in [6, 6.07) is 24.7. The average molecular weight is 604 g/mol.